The number of benzene rings is 1. The van der Waals surface area contributed by atoms with Gasteiger partial charge in [-0.2, -0.15) is 0 Å². The number of hydrazine groups is 1. The van der Waals surface area contributed by atoms with Crippen molar-refractivity contribution in [2.75, 3.05) is 45.2 Å². The number of rotatable bonds is 2. The molecule has 5 nitrogen and oxygen atoms in total. The molecule has 0 spiro atoms. The van der Waals surface area contributed by atoms with E-state index in [4.69, 9.17) is 5.84 Å². The fraction of sp³-hybridized carbons (Fsp3) is 0.462. The lowest BCUT2D eigenvalue weighted by Gasteiger charge is -2.32. The van der Waals surface area contributed by atoms with Gasteiger partial charge in [0.25, 0.3) is 5.91 Å². The van der Waals surface area contributed by atoms with Crippen LogP contribution < -0.4 is 10.7 Å². The Kier molecular flexibility index (Phi) is 3.84. The molecule has 0 aliphatic carbocycles. The lowest BCUT2D eigenvalue weighted by Crippen LogP contribution is -2.51. The van der Waals surface area contributed by atoms with Crippen molar-refractivity contribution < 1.29 is 4.79 Å². The molecule has 0 saturated carbocycles. The maximum absolute atomic E-state index is 12.3. The highest BCUT2D eigenvalue weighted by Gasteiger charge is 2.20. The second-order valence-corrected chi connectivity index (χ2v) is 4.77. The number of nitrogens with zero attached hydrogens (tertiary/aromatic N) is 3. The molecule has 18 heavy (non-hydrogen) atoms. The predicted molar refractivity (Wildman–Crippen MR) is 72.4 cm³/mol. The van der Waals surface area contributed by atoms with Crippen LogP contribution in [0.3, 0.4) is 0 Å². The van der Waals surface area contributed by atoms with Crippen LogP contribution in [-0.4, -0.2) is 56.1 Å². The first kappa shape index (κ1) is 12.9. The number of carbonyl (C=O) groups is 1. The van der Waals surface area contributed by atoms with Crippen molar-refractivity contribution in [2.45, 2.75) is 0 Å². The monoisotopic (exact) mass is 248 g/mol. The highest BCUT2D eigenvalue weighted by Crippen LogP contribution is 2.15. The van der Waals surface area contributed by atoms with Gasteiger partial charge in [0.05, 0.1) is 0 Å². The molecule has 0 aromatic heterocycles. The molecule has 2 N–H and O–H groups in total. The van der Waals surface area contributed by atoms with Gasteiger partial charge in [0.15, 0.2) is 0 Å². The summed E-state index contributed by atoms with van der Waals surface area (Å²) < 4.78 is 0. The van der Waals surface area contributed by atoms with Crippen LogP contribution in [0.15, 0.2) is 24.3 Å². The number of hydrogen-bond donors (Lipinski definition) is 1. The van der Waals surface area contributed by atoms with Crippen LogP contribution in [0, 0.1) is 0 Å². The Labute approximate surface area is 108 Å². The average molecular weight is 248 g/mol. The van der Waals surface area contributed by atoms with Crippen molar-refractivity contribution in [1.82, 2.24) is 9.91 Å². The lowest BCUT2D eigenvalue weighted by atomic mass is 10.1. The van der Waals surface area contributed by atoms with Crippen LogP contribution in [0.2, 0.25) is 0 Å². The van der Waals surface area contributed by atoms with E-state index < -0.39 is 0 Å². The van der Waals surface area contributed by atoms with Crippen LogP contribution in [0.5, 0.6) is 0 Å². The average Bonchev–Trinajstić information content (AvgIpc) is 2.39. The molecule has 1 aliphatic rings. The Bertz CT molecular complexity index is 425. The first-order chi connectivity index (χ1) is 8.58. The maximum Gasteiger partial charge on any atom is 0.254 e. The van der Waals surface area contributed by atoms with Crippen molar-refractivity contribution in [1.29, 1.82) is 0 Å². The summed E-state index contributed by atoms with van der Waals surface area (Å²) in [5.74, 6) is 5.78. The van der Waals surface area contributed by atoms with E-state index in [-0.39, 0.29) is 5.91 Å². The zero-order valence-electron chi connectivity index (χ0n) is 11.0. The first-order valence-electron chi connectivity index (χ1n) is 6.14. The normalized spacial score (nSPS) is 16.7. The van der Waals surface area contributed by atoms with Gasteiger partial charge in [-0.15, -0.1) is 0 Å². The van der Waals surface area contributed by atoms with Crippen molar-refractivity contribution in [3.8, 4) is 0 Å². The van der Waals surface area contributed by atoms with Crippen LogP contribution in [0.1, 0.15) is 10.4 Å². The topological polar surface area (TPSA) is 52.8 Å². The third kappa shape index (κ3) is 2.80. The fourth-order valence-electron chi connectivity index (χ4n) is 2.02. The molecular weight excluding hydrogens is 228 g/mol. The van der Waals surface area contributed by atoms with Crippen LogP contribution in [-0.2, 0) is 0 Å². The molecule has 0 unspecified atom stereocenters. The van der Waals surface area contributed by atoms with Gasteiger partial charge >= 0.3 is 0 Å². The quantitative estimate of drug-likeness (QED) is 0.769. The van der Waals surface area contributed by atoms with Gasteiger partial charge in [0.1, 0.15) is 0 Å². The largest absolute Gasteiger partial charge is 0.378 e. The Morgan fingerprint density at radius 1 is 1.22 bits per heavy atom. The van der Waals surface area contributed by atoms with E-state index in [1.807, 2.05) is 48.2 Å². The Balaban J connectivity index is 2.11. The minimum atomic E-state index is 0.0896. The van der Waals surface area contributed by atoms with Gasteiger partial charge in [0, 0.05) is 51.5 Å². The fourth-order valence-corrected chi connectivity index (χ4v) is 2.02. The highest BCUT2D eigenvalue weighted by atomic mass is 16.2. The number of amides is 1. The molecule has 1 saturated heterocycles. The summed E-state index contributed by atoms with van der Waals surface area (Å²) in [7, 11) is 3.94. The zero-order chi connectivity index (χ0) is 13.1. The number of anilines is 1. The Hall–Kier alpha value is -1.59. The van der Waals surface area contributed by atoms with Crippen LogP contribution >= 0.6 is 0 Å². The standard InChI is InChI=1S/C13H20N4O/c1-15(2)12-5-3-4-11(10-12)13(18)16-6-8-17(14)9-7-16/h3-5,10H,6-9,14H2,1-2H3. The lowest BCUT2D eigenvalue weighted by molar-refractivity contribution is 0.0638. The molecule has 1 heterocycles. The summed E-state index contributed by atoms with van der Waals surface area (Å²) in [4.78, 5) is 16.2. The molecule has 1 aromatic rings. The van der Waals surface area contributed by atoms with E-state index in [1.165, 1.54) is 0 Å². The minimum Gasteiger partial charge on any atom is -0.378 e. The third-order valence-electron chi connectivity index (χ3n) is 3.21. The SMILES string of the molecule is CN(C)c1cccc(C(=O)N2CCN(N)CC2)c1. The smallest absolute Gasteiger partial charge is 0.254 e. The summed E-state index contributed by atoms with van der Waals surface area (Å²) in [6, 6.07) is 7.71. The maximum atomic E-state index is 12.3. The summed E-state index contributed by atoms with van der Waals surface area (Å²) >= 11 is 0. The summed E-state index contributed by atoms with van der Waals surface area (Å²) in [6.45, 7) is 2.86. The number of carbonyl (C=O) groups excluding carboxylic acids is 1. The summed E-state index contributed by atoms with van der Waals surface area (Å²) in [6.07, 6.45) is 0. The Morgan fingerprint density at radius 2 is 1.89 bits per heavy atom. The molecule has 98 valence electrons. The van der Waals surface area contributed by atoms with Gasteiger partial charge in [0.2, 0.25) is 0 Å². The summed E-state index contributed by atoms with van der Waals surface area (Å²) in [5.41, 5.74) is 1.78. The van der Waals surface area contributed by atoms with Gasteiger partial charge < -0.3 is 9.80 Å². The van der Waals surface area contributed by atoms with Gasteiger partial charge in [-0.1, -0.05) is 6.07 Å². The molecule has 2 rings (SSSR count). The number of hydrogen-bond acceptors (Lipinski definition) is 4. The highest BCUT2D eigenvalue weighted by molar-refractivity contribution is 5.95. The number of nitrogens with two attached hydrogens (primary N) is 1. The van der Waals surface area contributed by atoms with E-state index in [0.717, 1.165) is 24.3 Å². The molecule has 1 aliphatic heterocycles. The van der Waals surface area contributed by atoms with Gasteiger partial charge in [-0.25, -0.2) is 5.01 Å². The second-order valence-electron chi connectivity index (χ2n) is 4.77. The molecule has 1 aromatic carbocycles. The van der Waals surface area contributed by atoms with E-state index in [2.05, 4.69) is 0 Å². The molecule has 5 heteroatoms. The van der Waals surface area contributed by atoms with Crippen LogP contribution in [0.25, 0.3) is 0 Å². The predicted octanol–water partition coefficient (Wildman–Crippen LogP) is 0.384. The molecule has 0 atom stereocenters. The molecule has 0 radical (unpaired) electrons. The van der Waals surface area contributed by atoms with Crippen molar-refractivity contribution in [3.05, 3.63) is 29.8 Å². The minimum absolute atomic E-state index is 0.0896. The van der Waals surface area contributed by atoms with Crippen molar-refractivity contribution in [3.63, 3.8) is 0 Å². The molecule has 1 fully saturated rings. The number of piperazine rings is 1. The molecular formula is C13H20N4O. The van der Waals surface area contributed by atoms with Gasteiger partial charge in [-0.05, 0) is 18.2 Å². The second kappa shape index (κ2) is 5.37. The van der Waals surface area contributed by atoms with E-state index >= 15 is 0 Å². The van der Waals surface area contributed by atoms with Crippen LogP contribution in [0.4, 0.5) is 5.69 Å². The molecule has 0 bridgehead atoms. The third-order valence-corrected chi connectivity index (χ3v) is 3.21. The van der Waals surface area contributed by atoms with E-state index in [0.29, 0.717) is 13.1 Å². The zero-order valence-corrected chi connectivity index (χ0v) is 11.0. The van der Waals surface area contributed by atoms with Gasteiger partial charge in [-0.3, -0.25) is 10.6 Å². The van der Waals surface area contributed by atoms with Crippen molar-refractivity contribution >= 4 is 11.6 Å². The van der Waals surface area contributed by atoms with E-state index in [1.54, 1.807) is 5.01 Å². The first-order valence-corrected chi connectivity index (χ1v) is 6.14. The molecule has 1 amide bonds. The Morgan fingerprint density at radius 3 is 2.50 bits per heavy atom. The summed E-state index contributed by atoms with van der Waals surface area (Å²) in [5, 5.41) is 1.75. The van der Waals surface area contributed by atoms with Crippen molar-refractivity contribution in [2.24, 2.45) is 5.84 Å². The van der Waals surface area contributed by atoms with E-state index in [9.17, 15) is 4.79 Å².